The minimum Gasteiger partial charge on any atom is -0.342 e. The van der Waals surface area contributed by atoms with E-state index in [4.69, 9.17) is 0 Å². The quantitative estimate of drug-likeness (QED) is 0.385. The second kappa shape index (κ2) is 13.0. The number of benzene rings is 3. The van der Waals surface area contributed by atoms with Crippen LogP contribution in [0.5, 0.6) is 0 Å². The van der Waals surface area contributed by atoms with E-state index < -0.39 is 29.7 Å². The molecule has 2 fully saturated rings. The summed E-state index contributed by atoms with van der Waals surface area (Å²) in [5.41, 5.74) is 0.722. The Kier molecular flexibility index (Phi) is 9.25. The third-order valence-electron chi connectivity index (χ3n) is 8.95. The molecular weight excluding hydrogens is 573 g/mol. The van der Waals surface area contributed by atoms with Crippen molar-refractivity contribution in [3.8, 4) is 0 Å². The monoisotopic (exact) mass is 615 g/mol. The molecule has 3 aromatic rings. The Labute approximate surface area is 263 Å². The van der Waals surface area contributed by atoms with Gasteiger partial charge in [0.2, 0.25) is 23.6 Å². The van der Waals surface area contributed by atoms with E-state index in [1.807, 2.05) is 63.2 Å². The van der Waals surface area contributed by atoms with Crippen LogP contribution in [-0.2, 0) is 32.0 Å². The van der Waals surface area contributed by atoms with Gasteiger partial charge in [-0.25, -0.2) is 4.39 Å². The lowest BCUT2D eigenvalue weighted by atomic mass is 9.85. The number of nitrogens with zero attached hydrogens (tertiary/aromatic N) is 3. The average Bonchev–Trinajstić information content (AvgIpc) is 3.35. The molecule has 0 saturated carbocycles. The van der Waals surface area contributed by atoms with Crippen molar-refractivity contribution < 1.29 is 23.6 Å². The number of amides is 4. The first-order valence-corrected chi connectivity index (χ1v) is 15.5. The summed E-state index contributed by atoms with van der Waals surface area (Å²) in [6.45, 7) is 7.42. The van der Waals surface area contributed by atoms with Gasteiger partial charge in [0.15, 0.2) is 0 Å². The van der Waals surface area contributed by atoms with Crippen molar-refractivity contribution in [2.45, 2.75) is 64.8 Å². The van der Waals surface area contributed by atoms with Crippen LogP contribution in [-0.4, -0.2) is 89.3 Å². The molecule has 45 heavy (non-hydrogen) atoms. The fourth-order valence-electron chi connectivity index (χ4n) is 6.20. The highest BCUT2D eigenvalue weighted by molar-refractivity contribution is 5.97. The van der Waals surface area contributed by atoms with Crippen LogP contribution in [0.1, 0.15) is 38.8 Å². The van der Waals surface area contributed by atoms with E-state index in [1.54, 1.807) is 42.0 Å². The highest BCUT2D eigenvalue weighted by Gasteiger charge is 2.53. The lowest BCUT2D eigenvalue weighted by molar-refractivity contribution is -0.156. The maximum atomic E-state index is 14.5. The molecular formula is C35H42FN5O4. The van der Waals surface area contributed by atoms with Crippen molar-refractivity contribution in [2.24, 2.45) is 5.41 Å². The summed E-state index contributed by atoms with van der Waals surface area (Å²) in [4.78, 5) is 59.6. The predicted octanol–water partition coefficient (Wildman–Crippen LogP) is 3.11. The minimum atomic E-state index is -0.906. The molecule has 2 aliphatic rings. The molecule has 4 atom stereocenters. The maximum absolute atomic E-state index is 14.5. The van der Waals surface area contributed by atoms with Gasteiger partial charge >= 0.3 is 0 Å². The van der Waals surface area contributed by atoms with E-state index in [9.17, 15) is 23.6 Å². The van der Waals surface area contributed by atoms with E-state index in [1.165, 1.54) is 11.0 Å². The smallest absolute Gasteiger partial charge is 0.247 e. The fourth-order valence-corrected chi connectivity index (χ4v) is 6.20. The van der Waals surface area contributed by atoms with Gasteiger partial charge in [0.1, 0.15) is 30.6 Å². The SMILES string of the molecule is CN[C@@H](C)C(=O)N[C@H](C(=O)N1CC(=O)N2[C@@H]1CN(CCc1ccccc1F)C(=O)[C@@H]2Cc1ccc2ccccc2c1)C(C)(C)C. The first-order chi connectivity index (χ1) is 21.4. The fraction of sp³-hybridized carbons (Fsp3) is 0.429. The lowest BCUT2D eigenvalue weighted by Crippen LogP contribution is -2.66. The number of nitrogens with one attached hydrogen (secondary N) is 2. The molecule has 5 rings (SSSR count). The summed E-state index contributed by atoms with van der Waals surface area (Å²) in [5, 5.41) is 7.88. The maximum Gasteiger partial charge on any atom is 0.247 e. The number of hydrogen-bond acceptors (Lipinski definition) is 5. The van der Waals surface area contributed by atoms with Crippen molar-refractivity contribution in [2.75, 3.05) is 26.7 Å². The van der Waals surface area contributed by atoms with Crippen molar-refractivity contribution in [3.05, 3.63) is 83.7 Å². The van der Waals surface area contributed by atoms with Gasteiger partial charge in [-0.2, -0.15) is 0 Å². The number of likely N-dealkylation sites (N-methyl/N-ethyl adjacent to an activating group) is 1. The zero-order valence-electron chi connectivity index (χ0n) is 26.5. The highest BCUT2D eigenvalue weighted by atomic mass is 19.1. The molecule has 9 nitrogen and oxygen atoms in total. The molecule has 10 heteroatoms. The Hall–Kier alpha value is -4.31. The van der Waals surface area contributed by atoms with Gasteiger partial charge in [-0.15, -0.1) is 0 Å². The van der Waals surface area contributed by atoms with Crippen molar-refractivity contribution in [3.63, 3.8) is 0 Å². The number of rotatable bonds is 9. The van der Waals surface area contributed by atoms with E-state index in [0.29, 0.717) is 5.56 Å². The van der Waals surface area contributed by atoms with Crippen LogP contribution in [0.4, 0.5) is 4.39 Å². The topological polar surface area (TPSA) is 102 Å². The van der Waals surface area contributed by atoms with Gasteiger partial charge in [0.25, 0.3) is 0 Å². The molecule has 2 aliphatic heterocycles. The molecule has 4 amide bonds. The Balaban J connectivity index is 1.47. The molecule has 0 bridgehead atoms. The number of piperazine rings is 1. The van der Waals surface area contributed by atoms with Gasteiger partial charge < -0.3 is 25.3 Å². The molecule has 2 N–H and O–H groups in total. The summed E-state index contributed by atoms with van der Waals surface area (Å²) in [5.74, 6) is -1.60. The van der Waals surface area contributed by atoms with Crippen molar-refractivity contribution in [1.29, 1.82) is 0 Å². The normalized spacial score (nSPS) is 19.9. The molecule has 238 valence electrons. The van der Waals surface area contributed by atoms with E-state index >= 15 is 0 Å². The molecule has 2 heterocycles. The van der Waals surface area contributed by atoms with Crippen LogP contribution < -0.4 is 10.6 Å². The van der Waals surface area contributed by atoms with Gasteiger partial charge in [-0.05, 0) is 53.8 Å². The van der Waals surface area contributed by atoms with Gasteiger partial charge in [0.05, 0.1) is 12.6 Å². The second-order valence-corrected chi connectivity index (χ2v) is 13.1. The number of halogens is 1. The average molecular weight is 616 g/mol. The Bertz CT molecular complexity index is 1600. The summed E-state index contributed by atoms with van der Waals surface area (Å²) in [6, 6.07) is 18.1. The number of hydrogen-bond donors (Lipinski definition) is 2. The van der Waals surface area contributed by atoms with Crippen LogP contribution in [0.2, 0.25) is 0 Å². The largest absolute Gasteiger partial charge is 0.342 e. The summed E-state index contributed by atoms with van der Waals surface area (Å²) in [7, 11) is 1.67. The molecule has 0 unspecified atom stereocenters. The number of carbonyl (C=O) groups is 4. The molecule has 0 spiro atoms. The highest BCUT2D eigenvalue weighted by Crippen LogP contribution is 2.31. The van der Waals surface area contributed by atoms with Crippen LogP contribution in [0, 0.1) is 11.2 Å². The minimum absolute atomic E-state index is 0.0940. The van der Waals surface area contributed by atoms with E-state index in [-0.39, 0.29) is 61.9 Å². The summed E-state index contributed by atoms with van der Waals surface area (Å²) in [6.07, 6.45) is -0.168. The predicted molar refractivity (Wildman–Crippen MR) is 170 cm³/mol. The summed E-state index contributed by atoms with van der Waals surface area (Å²) < 4.78 is 14.5. The molecule has 2 saturated heterocycles. The second-order valence-electron chi connectivity index (χ2n) is 13.1. The van der Waals surface area contributed by atoms with Gasteiger partial charge in [-0.1, -0.05) is 81.4 Å². The molecule has 0 aromatic heterocycles. The van der Waals surface area contributed by atoms with Gasteiger partial charge in [-0.3, -0.25) is 19.2 Å². The summed E-state index contributed by atoms with van der Waals surface area (Å²) >= 11 is 0. The zero-order valence-corrected chi connectivity index (χ0v) is 26.5. The van der Waals surface area contributed by atoms with E-state index in [2.05, 4.69) is 10.6 Å². The first-order valence-electron chi connectivity index (χ1n) is 15.5. The third-order valence-corrected chi connectivity index (χ3v) is 8.95. The van der Waals surface area contributed by atoms with Crippen LogP contribution in [0.25, 0.3) is 10.8 Å². The lowest BCUT2D eigenvalue weighted by Gasteiger charge is -2.45. The third kappa shape index (κ3) is 6.71. The first kappa shape index (κ1) is 32.1. The Morgan fingerprint density at radius 2 is 1.69 bits per heavy atom. The molecule has 3 aromatic carbocycles. The Morgan fingerprint density at radius 3 is 2.38 bits per heavy atom. The van der Waals surface area contributed by atoms with Crippen molar-refractivity contribution in [1.82, 2.24) is 25.3 Å². The zero-order chi connectivity index (χ0) is 32.5. The molecule has 0 radical (unpaired) electrons. The van der Waals surface area contributed by atoms with E-state index in [0.717, 1.165) is 16.3 Å². The van der Waals surface area contributed by atoms with Crippen LogP contribution in [0.3, 0.4) is 0 Å². The van der Waals surface area contributed by atoms with Crippen molar-refractivity contribution >= 4 is 34.4 Å². The number of fused-ring (bicyclic) bond motifs is 2. The van der Waals surface area contributed by atoms with Gasteiger partial charge in [0, 0.05) is 13.0 Å². The van der Waals surface area contributed by atoms with Crippen LogP contribution >= 0.6 is 0 Å². The Morgan fingerprint density at radius 1 is 1.00 bits per heavy atom. The number of carbonyl (C=O) groups excluding carboxylic acids is 4. The molecule has 0 aliphatic carbocycles. The van der Waals surface area contributed by atoms with Crippen LogP contribution in [0.15, 0.2) is 66.7 Å². The standard InChI is InChI=1S/C35H42FN5O4/c1-22(37-5)32(43)38-31(35(2,3)4)34(45)40-21-30(42)41-28(19-23-14-15-24-10-6-7-12-26(24)18-23)33(44)39(20-29(40)41)17-16-25-11-8-9-13-27(25)36/h6-15,18,22,28-29,31,37H,16-17,19-21H2,1-5H3,(H,38,43)/t22-,28-,29+,31+/m0/s1.